The molecule has 3 aromatic heterocycles. The number of pyridine rings is 1. The molecular formula is C18H20ClN5OS. The lowest BCUT2D eigenvalue weighted by molar-refractivity contribution is 0.142. The van der Waals surface area contributed by atoms with Crippen molar-refractivity contribution in [3.05, 3.63) is 34.6 Å². The number of aryl methyl sites for hydroxylation is 1. The van der Waals surface area contributed by atoms with Gasteiger partial charge in [-0.3, -0.25) is 0 Å². The van der Waals surface area contributed by atoms with E-state index in [-0.39, 0.29) is 12.1 Å². The minimum Gasteiger partial charge on any atom is -0.473 e. The van der Waals surface area contributed by atoms with E-state index >= 15 is 0 Å². The molecule has 1 aliphatic carbocycles. The molecule has 0 spiro atoms. The number of anilines is 2. The summed E-state index contributed by atoms with van der Waals surface area (Å²) in [6.45, 7) is 1.97. The summed E-state index contributed by atoms with van der Waals surface area (Å²) in [6.07, 6.45) is 7.29. The normalized spacial score (nSPS) is 20.3. The Bertz CT molecular complexity index is 923. The number of rotatable bonds is 4. The Morgan fingerprint density at radius 1 is 1.23 bits per heavy atom. The van der Waals surface area contributed by atoms with Crippen LogP contribution < -0.4 is 15.8 Å². The van der Waals surface area contributed by atoms with Gasteiger partial charge in [0.05, 0.1) is 9.72 Å². The van der Waals surface area contributed by atoms with Crippen molar-refractivity contribution >= 4 is 44.7 Å². The average Bonchev–Trinajstić information content (AvgIpc) is 2.94. The highest BCUT2D eigenvalue weighted by atomic mass is 35.5. The molecule has 0 unspecified atom stereocenters. The first-order valence-electron chi connectivity index (χ1n) is 8.65. The van der Waals surface area contributed by atoms with E-state index < -0.39 is 0 Å². The molecule has 136 valence electrons. The summed E-state index contributed by atoms with van der Waals surface area (Å²) in [5.74, 6) is 1.29. The van der Waals surface area contributed by atoms with Crippen molar-refractivity contribution in [2.24, 2.45) is 5.73 Å². The Morgan fingerprint density at radius 2 is 2.04 bits per heavy atom. The van der Waals surface area contributed by atoms with E-state index in [1.54, 1.807) is 6.20 Å². The highest BCUT2D eigenvalue weighted by Crippen LogP contribution is 2.38. The molecule has 26 heavy (non-hydrogen) atoms. The zero-order chi connectivity index (χ0) is 18.1. The van der Waals surface area contributed by atoms with Crippen molar-refractivity contribution in [1.82, 2.24) is 15.0 Å². The largest absolute Gasteiger partial charge is 0.473 e. The van der Waals surface area contributed by atoms with Crippen LogP contribution in [0, 0.1) is 6.92 Å². The minimum atomic E-state index is 0.146. The van der Waals surface area contributed by atoms with Crippen molar-refractivity contribution in [3.8, 4) is 5.88 Å². The number of nitrogens with two attached hydrogens (primary N) is 1. The van der Waals surface area contributed by atoms with Crippen LogP contribution in [-0.4, -0.2) is 27.1 Å². The topological polar surface area (TPSA) is 86.0 Å². The summed E-state index contributed by atoms with van der Waals surface area (Å²) in [6, 6.07) is 4.10. The number of hydrogen-bond donors (Lipinski definition) is 2. The molecule has 4 rings (SSSR count). The quantitative estimate of drug-likeness (QED) is 0.686. The standard InChI is InChI=1S/C18H20ClN5OS/c1-10-14-16(22-9-23-18(14)26-15(10)19)24-13-3-2-8-21-17(13)25-12-6-4-11(20)5-7-12/h2-3,8-9,11-12H,4-7,20H2,1H3,(H,22,23,24). The molecule has 0 radical (unpaired) electrons. The third-order valence-electron chi connectivity index (χ3n) is 4.69. The van der Waals surface area contributed by atoms with Crippen molar-refractivity contribution in [1.29, 1.82) is 0 Å². The molecule has 3 N–H and O–H groups in total. The van der Waals surface area contributed by atoms with Crippen LogP contribution in [0.1, 0.15) is 31.2 Å². The van der Waals surface area contributed by atoms with Gasteiger partial charge < -0.3 is 15.8 Å². The van der Waals surface area contributed by atoms with Gasteiger partial charge in [0, 0.05) is 12.2 Å². The van der Waals surface area contributed by atoms with E-state index in [2.05, 4.69) is 20.3 Å². The molecule has 0 amide bonds. The summed E-state index contributed by atoms with van der Waals surface area (Å²) < 4.78 is 6.89. The third-order valence-corrected chi connectivity index (χ3v) is 6.19. The van der Waals surface area contributed by atoms with E-state index in [0.29, 0.717) is 11.7 Å². The number of nitrogens with zero attached hydrogens (tertiary/aromatic N) is 3. The van der Waals surface area contributed by atoms with Crippen LogP contribution in [0.3, 0.4) is 0 Å². The number of thiophene rings is 1. The maximum Gasteiger partial charge on any atom is 0.238 e. The van der Waals surface area contributed by atoms with Crippen LogP contribution in [-0.2, 0) is 0 Å². The van der Waals surface area contributed by atoms with Crippen LogP contribution in [0.4, 0.5) is 11.5 Å². The highest BCUT2D eigenvalue weighted by Gasteiger charge is 2.22. The van der Waals surface area contributed by atoms with Gasteiger partial charge in [-0.2, -0.15) is 0 Å². The first-order valence-corrected chi connectivity index (χ1v) is 9.85. The number of fused-ring (bicyclic) bond motifs is 1. The van der Waals surface area contributed by atoms with E-state index in [1.807, 2.05) is 19.1 Å². The van der Waals surface area contributed by atoms with Gasteiger partial charge in [-0.1, -0.05) is 11.6 Å². The number of halogens is 1. The summed E-state index contributed by atoms with van der Waals surface area (Å²) >= 11 is 7.73. The number of ether oxygens (including phenoxy) is 1. The summed E-state index contributed by atoms with van der Waals surface area (Å²) in [5, 5.41) is 4.28. The van der Waals surface area contributed by atoms with Gasteiger partial charge in [-0.05, 0) is 50.3 Å². The van der Waals surface area contributed by atoms with Gasteiger partial charge in [0.15, 0.2) is 0 Å². The predicted octanol–water partition coefficient (Wildman–Crippen LogP) is 4.44. The lowest BCUT2D eigenvalue weighted by Crippen LogP contribution is -2.31. The molecule has 3 heterocycles. The smallest absolute Gasteiger partial charge is 0.238 e. The number of nitrogens with one attached hydrogen (secondary N) is 1. The van der Waals surface area contributed by atoms with E-state index in [9.17, 15) is 0 Å². The molecule has 1 aliphatic rings. The van der Waals surface area contributed by atoms with Crippen molar-refractivity contribution in [2.75, 3.05) is 5.32 Å². The fourth-order valence-electron chi connectivity index (χ4n) is 3.21. The Hall–Kier alpha value is -1.96. The summed E-state index contributed by atoms with van der Waals surface area (Å²) in [4.78, 5) is 14.0. The van der Waals surface area contributed by atoms with Gasteiger partial charge in [0.1, 0.15) is 28.8 Å². The molecular weight excluding hydrogens is 370 g/mol. The van der Waals surface area contributed by atoms with Gasteiger partial charge in [0.2, 0.25) is 5.88 Å². The number of aromatic nitrogens is 3. The molecule has 0 aliphatic heterocycles. The van der Waals surface area contributed by atoms with Crippen molar-refractivity contribution in [2.45, 2.75) is 44.8 Å². The Labute approximate surface area is 160 Å². The maximum atomic E-state index is 6.27. The zero-order valence-electron chi connectivity index (χ0n) is 14.4. The second-order valence-corrected chi connectivity index (χ2v) is 8.14. The Kier molecular flexibility index (Phi) is 4.93. The maximum absolute atomic E-state index is 6.27. The minimum absolute atomic E-state index is 0.146. The monoisotopic (exact) mass is 389 g/mol. The molecule has 8 heteroatoms. The predicted molar refractivity (Wildman–Crippen MR) is 106 cm³/mol. The lowest BCUT2D eigenvalue weighted by atomic mass is 9.94. The molecule has 0 aromatic carbocycles. The summed E-state index contributed by atoms with van der Waals surface area (Å²) in [7, 11) is 0. The van der Waals surface area contributed by atoms with Gasteiger partial charge in [-0.25, -0.2) is 15.0 Å². The SMILES string of the molecule is Cc1c(Cl)sc2ncnc(Nc3cccnc3OC3CCC(N)CC3)c12. The lowest BCUT2D eigenvalue weighted by Gasteiger charge is -2.27. The molecule has 6 nitrogen and oxygen atoms in total. The van der Waals surface area contributed by atoms with Gasteiger partial charge >= 0.3 is 0 Å². The third kappa shape index (κ3) is 3.47. The van der Waals surface area contributed by atoms with E-state index in [4.69, 9.17) is 22.1 Å². The molecule has 0 atom stereocenters. The van der Waals surface area contributed by atoms with Gasteiger partial charge in [0.25, 0.3) is 0 Å². The second kappa shape index (κ2) is 7.34. The fourth-order valence-corrected chi connectivity index (χ4v) is 4.40. The van der Waals surface area contributed by atoms with Gasteiger partial charge in [-0.15, -0.1) is 11.3 Å². The van der Waals surface area contributed by atoms with Crippen LogP contribution in [0.25, 0.3) is 10.2 Å². The number of hydrogen-bond acceptors (Lipinski definition) is 7. The van der Waals surface area contributed by atoms with Crippen LogP contribution in [0.2, 0.25) is 4.34 Å². The van der Waals surface area contributed by atoms with E-state index in [0.717, 1.165) is 51.5 Å². The molecule has 0 saturated heterocycles. The molecule has 0 bridgehead atoms. The molecule has 1 saturated carbocycles. The first-order chi connectivity index (χ1) is 12.6. The first kappa shape index (κ1) is 17.5. The fraction of sp³-hybridized carbons (Fsp3) is 0.389. The van der Waals surface area contributed by atoms with Crippen LogP contribution in [0.15, 0.2) is 24.7 Å². The summed E-state index contributed by atoms with van der Waals surface area (Å²) in [5.41, 5.74) is 7.74. The van der Waals surface area contributed by atoms with Crippen LogP contribution >= 0.6 is 22.9 Å². The average molecular weight is 390 g/mol. The highest BCUT2D eigenvalue weighted by molar-refractivity contribution is 7.22. The molecule has 1 fully saturated rings. The Balaban J connectivity index is 1.61. The zero-order valence-corrected chi connectivity index (χ0v) is 16.0. The Morgan fingerprint density at radius 3 is 2.85 bits per heavy atom. The van der Waals surface area contributed by atoms with E-state index in [1.165, 1.54) is 17.7 Å². The van der Waals surface area contributed by atoms with Crippen molar-refractivity contribution in [3.63, 3.8) is 0 Å². The van der Waals surface area contributed by atoms with Crippen LogP contribution in [0.5, 0.6) is 5.88 Å². The molecule has 3 aromatic rings. The second-order valence-electron chi connectivity index (χ2n) is 6.54. The van der Waals surface area contributed by atoms with Crippen molar-refractivity contribution < 1.29 is 4.74 Å².